The number of methoxy groups -OCH3 is 1. The Morgan fingerprint density at radius 1 is 1.09 bits per heavy atom. The van der Waals surface area contributed by atoms with E-state index in [1.54, 1.807) is 20.8 Å². The number of carbonyl (C=O) groups is 4. The van der Waals surface area contributed by atoms with E-state index < -0.39 is 41.6 Å². The first-order valence-corrected chi connectivity index (χ1v) is 11.3. The van der Waals surface area contributed by atoms with Crippen molar-refractivity contribution < 1.29 is 33.8 Å². The Morgan fingerprint density at radius 3 is 2.24 bits per heavy atom. The first kappa shape index (κ1) is 28.7. The molecule has 3 amide bonds. The summed E-state index contributed by atoms with van der Waals surface area (Å²) in [6.45, 7) is 8.53. The molecule has 2 unspecified atom stereocenters. The quantitative estimate of drug-likeness (QED) is 0.328. The highest BCUT2D eigenvalue weighted by molar-refractivity contribution is 5.93. The molecule has 190 valence electrons. The van der Waals surface area contributed by atoms with E-state index >= 15 is 0 Å². The monoisotopic (exact) mass is 479 g/mol. The molecule has 10 nitrogen and oxygen atoms in total. The van der Waals surface area contributed by atoms with E-state index in [1.165, 1.54) is 43.2 Å². The molecule has 2 atom stereocenters. The lowest BCUT2D eigenvalue weighted by Gasteiger charge is -2.33. The Bertz CT molecular complexity index is 834. The number of benzene rings is 1. The second-order valence-corrected chi connectivity index (χ2v) is 8.89. The molecular formula is C24H37N3O7. The molecule has 1 aromatic carbocycles. The van der Waals surface area contributed by atoms with Gasteiger partial charge in [-0.3, -0.25) is 14.4 Å². The molecule has 0 spiro atoms. The van der Waals surface area contributed by atoms with Gasteiger partial charge in [-0.1, -0.05) is 31.9 Å². The molecule has 0 aliphatic rings. The van der Waals surface area contributed by atoms with E-state index in [0.717, 1.165) is 12.8 Å². The molecule has 0 saturated carbocycles. The van der Waals surface area contributed by atoms with Crippen LogP contribution in [0.25, 0.3) is 0 Å². The van der Waals surface area contributed by atoms with E-state index in [1.807, 2.05) is 6.92 Å². The van der Waals surface area contributed by atoms with Crippen molar-refractivity contribution in [2.45, 2.75) is 71.6 Å². The van der Waals surface area contributed by atoms with Gasteiger partial charge in [0.2, 0.25) is 11.8 Å². The number of ether oxygens (including phenoxy) is 2. The van der Waals surface area contributed by atoms with Crippen LogP contribution in [0, 0.1) is 0 Å². The van der Waals surface area contributed by atoms with Crippen LogP contribution in [-0.2, 0) is 23.9 Å². The highest BCUT2D eigenvalue weighted by Gasteiger charge is 2.34. The Labute approximate surface area is 201 Å². The maximum absolute atomic E-state index is 13.5. The Hall–Kier alpha value is -3.30. The van der Waals surface area contributed by atoms with Gasteiger partial charge in [0.05, 0.1) is 7.11 Å². The summed E-state index contributed by atoms with van der Waals surface area (Å²) < 4.78 is 9.82. The van der Waals surface area contributed by atoms with Crippen molar-refractivity contribution in [3.8, 4) is 5.75 Å². The Morgan fingerprint density at radius 2 is 1.71 bits per heavy atom. The average molecular weight is 480 g/mol. The summed E-state index contributed by atoms with van der Waals surface area (Å²) >= 11 is 0. The number of phenols is 1. The standard InChI is InChI=1S/C24H37N3O7/c1-7-8-9-14-27(22(31)16(2)26-23(32)34-24(3,4)5)20(17-10-12-18(28)13-11-17)21(30)25-15-19(29)33-6/h10-13,16,20,28H,7-9,14-15H2,1-6H3,(H,25,30)(H,26,32). The number of nitrogens with one attached hydrogen (secondary N) is 2. The van der Waals surface area contributed by atoms with Crippen molar-refractivity contribution in [2.24, 2.45) is 0 Å². The van der Waals surface area contributed by atoms with Gasteiger partial charge >= 0.3 is 12.1 Å². The number of amides is 3. The third kappa shape index (κ3) is 9.68. The van der Waals surface area contributed by atoms with Crippen molar-refractivity contribution in [3.63, 3.8) is 0 Å². The molecule has 10 heteroatoms. The molecule has 0 heterocycles. The van der Waals surface area contributed by atoms with Crippen LogP contribution in [-0.4, -0.2) is 65.7 Å². The zero-order valence-corrected chi connectivity index (χ0v) is 20.8. The van der Waals surface area contributed by atoms with Gasteiger partial charge in [-0.25, -0.2) is 4.79 Å². The topological polar surface area (TPSA) is 134 Å². The Balaban J connectivity index is 3.27. The van der Waals surface area contributed by atoms with Gasteiger partial charge in [-0.2, -0.15) is 0 Å². The van der Waals surface area contributed by atoms with Crippen molar-refractivity contribution in [1.29, 1.82) is 0 Å². The van der Waals surface area contributed by atoms with Crippen LogP contribution in [0.1, 0.15) is 65.5 Å². The summed E-state index contributed by atoms with van der Waals surface area (Å²) in [6, 6.07) is 3.80. The van der Waals surface area contributed by atoms with Crippen LogP contribution in [0.3, 0.4) is 0 Å². The number of unbranched alkanes of at least 4 members (excludes halogenated alkanes) is 2. The largest absolute Gasteiger partial charge is 0.508 e. The maximum Gasteiger partial charge on any atom is 0.408 e. The number of nitrogens with zero attached hydrogens (tertiary/aromatic N) is 1. The predicted octanol–water partition coefficient (Wildman–Crippen LogP) is 2.65. The zero-order chi connectivity index (χ0) is 25.9. The van der Waals surface area contributed by atoms with E-state index in [9.17, 15) is 24.3 Å². The van der Waals surface area contributed by atoms with Gasteiger partial charge in [0.15, 0.2) is 0 Å². The number of hydrogen-bond acceptors (Lipinski definition) is 7. The van der Waals surface area contributed by atoms with Gasteiger partial charge in [-0.15, -0.1) is 0 Å². The number of rotatable bonds is 11. The lowest BCUT2D eigenvalue weighted by Crippen LogP contribution is -2.52. The van der Waals surface area contributed by atoms with Crippen LogP contribution in [0.2, 0.25) is 0 Å². The molecule has 1 rings (SSSR count). The molecular weight excluding hydrogens is 442 g/mol. The van der Waals surface area contributed by atoms with Crippen molar-refractivity contribution in [1.82, 2.24) is 15.5 Å². The SMILES string of the molecule is CCCCCN(C(=O)C(C)NC(=O)OC(C)(C)C)C(C(=O)NCC(=O)OC)c1ccc(O)cc1. The highest BCUT2D eigenvalue weighted by Crippen LogP contribution is 2.25. The van der Waals surface area contributed by atoms with Gasteiger partial charge in [0, 0.05) is 6.54 Å². The van der Waals surface area contributed by atoms with E-state index in [-0.39, 0.29) is 18.8 Å². The van der Waals surface area contributed by atoms with Gasteiger partial charge in [0.1, 0.15) is 30.0 Å². The molecule has 0 aliphatic carbocycles. The molecule has 0 fully saturated rings. The molecule has 0 radical (unpaired) electrons. The normalized spacial score (nSPS) is 12.8. The Kier molecular flexibility index (Phi) is 11.3. The molecule has 0 aromatic heterocycles. The zero-order valence-electron chi connectivity index (χ0n) is 20.8. The summed E-state index contributed by atoms with van der Waals surface area (Å²) in [4.78, 5) is 51.8. The van der Waals surface area contributed by atoms with Crippen LogP contribution in [0.5, 0.6) is 5.75 Å². The lowest BCUT2D eigenvalue weighted by molar-refractivity contribution is -0.144. The maximum atomic E-state index is 13.5. The van der Waals surface area contributed by atoms with E-state index in [4.69, 9.17) is 4.74 Å². The third-order valence-corrected chi connectivity index (χ3v) is 4.79. The number of carbonyl (C=O) groups excluding carboxylic acids is 4. The van der Waals surface area contributed by atoms with Gasteiger partial charge in [-0.05, 0) is 51.8 Å². The molecule has 1 aromatic rings. The average Bonchev–Trinajstić information content (AvgIpc) is 2.75. The fourth-order valence-corrected chi connectivity index (χ4v) is 3.15. The summed E-state index contributed by atoms with van der Waals surface area (Å²) in [5, 5.41) is 14.7. The van der Waals surface area contributed by atoms with Crippen LogP contribution in [0.15, 0.2) is 24.3 Å². The van der Waals surface area contributed by atoms with Crippen LogP contribution in [0.4, 0.5) is 4.79 Å². The lowest BCUT2D eigenvalue weighted by atomic mass is 10.0. The fourth-order valence-electron chi connectivity index (χ4n) is 3.15. The number of aromatic hydroxyl groups is 1. The minimum atomic E-state index is -1.10. The smallest absolute Gasteiger partial charge is 0.408 e. The molecule has 0 bridgehead atoms. The summed E-state index contributed by atoms with van der Waals surface area (Å²) in [5.41, 5.74) is -0.301. The van der Waals surface area contributed by atoms with E-state index in [2.05, 4.69) is 15.4 Å². The molecule has 0 aliphatic heterocycles. The number of esters is 1. The molecule has 3 N–H and O–H groups in total. The molecule has 34 heavy (non-hydrogen) atoms. The minimum Gasteiger partial charge on any atom is -0.508 e. The third-order valence-electron chi connectivity index (χ3n) is 4.79. The van der Waals surface area contributed by atoms with Crippen molar-refractivity contribution in [3.05, 3.63) is 29.8 Å². The first-order chi connectivity index (χ1) is 15.9. The second kappa shape index (κ2) is 13.4. The van der Waals surface area contributed by atoms with Crippen LogP contribution < -0.4 is 10.6 Å². The number of hydrogen-bond donors (Lipinski definition) is 3. The van der Waals surface area contributed by atoms with Crippen LogP contribution >= 0.6 is 0 Å². The van der Waals surface area contributed by atoms with Gasteiger partial charge < -0.3 is 30.1 Å². The summed E-state index contributed by atoms with van der Waals surface area (Å²) in [6.07, 6.45) is 1.59. The first-order valence-electron chi connectivity index (χ1n) is 11.3. The summed E-state index contributed by atoms with van der Waals surface area (Å²) in [7, 11) is 1.20. The second-order valence-electron chi connectivity index (χ2n) is 8.89. The minimum absolute atomic E-state index is 0.00119. The fraction of sp³-hybridized carbons (Fsp3) is 0.583. The number of phenolic OH excluding ortho intramolecular Hbond substituents is 1. The van der Waals surface area contributed by atoms with Crippen molar-refractivity contribution >= 4 is 23.9 Å². The highest BCUT2D eigenvalue weighted by atomic mass is 16.6. The van der Waals surface area contributed by atoms with Gasteiger partial charge in [0.25, 0.3) is 0 Å². The number of alkyl carbamates (subject to hydrolysis) is 1. The summed E-state index contributed by atoms with van der Waals surface area (Å²) in [5.74, 6) is -1.72. The van der Waals surface area contributed by atoms with E-state index in [0.29, 0.717) is 12.0 Å². The predicted molar refractivity (Wildman–Crippen MR) is 126 cm³/mol. The van der Waals surface area contributed by atoms with Crippen molar-refractivity contribution in [2.75, 3.05) is 20.2 Å². The molecule has 0 saturated heterocycles.